The molecule has 0 saturated carbocycles. The molecule has 0 bridgehead atoms. The van der Waals surface area contributed by atoms with E-state index in [1.54, 1.807) is 0 Å². The van der Waals surface area contributed by atoms with Gasteiger partial charge in [0.1, 0.15) is 6.04 Å². The van der Waals surface area contributed by atoms with Crippen LogP contribution < -0.4 is 10.7 Å². The second-order valence-electron chi connectivity index (χ2n) is 5.67. The molecule has 0 unspecified atom stereocenters. The molecule has 0 heterocycles. The van der Waals surface area contributed by atoms with Gasteiger partial charge in [-0.1, -0.05) is 48.5 Å². The van der Waals surface area contributed by atoms with E-state index >= 15 is 0 Å². The summed E-state index contributed by atoms with van der Waals surface area (Å²) in [5, 5.41) is 7.44. The van der Waals surface area contributed by atoms with Crippen LogP contribution in [0.15, 0.2) is 53.6 Å². The lowest BCUT2D eigenvalue weighted by Gasteiger charge is -2.17. The van der Waals surface area contributed by atoms with Gasteiger partial charge >= 0.3 is 0 Å². The molecule has 0 saturated heterocycles. The first-order valence-electron chi connectivity index (χ1n) is 7.71. The lowest BCUT2D eigenvalue weighted by Crippen LogP contribution is -2.35. The number of carbonyl (C=O) groups excluding carboxylic acids is 1. The topological polar surface area (TPSA) is 53.5 Å². The third kappa shape index (κ3) is 4.42. The Morgan fingerprint density at radius 2 is 1.61 bits per heavy atom. The first kappa shape index (κ1) is 16.7. The van der Waals surface area contributed by atoms with Crippen LogP contribution >= 0.6 is 0 Å². The molecule has 2 N–H and O–H groups in total. The molecule has 2 rings (SSSR count). The first-order valence-corrected chi connectivity index (χ1v) is 7.71. The number of amides is 1. The summed E-state index contributed by atoms with van der Waals surface area (Å²) in [6, 6.07) is 15.5. The van der Waals surface area contributed by atoms with Crippen LogP contribution in [0.3, 0.4) is 0 Å². The number of aryl methyl sites for hydroxylation is 2. The Balaban J connectivity index is 2.01. The highest BCUT2D eigenvalue weighted by Gasteiger charge is 2.14. The second-order valence-corrected chi connectivity index (χ2v) is 5.67. The van der Waals surface area contributed by atoms with E-state index in [-0.39, 0.29) is 11.9 Å². The van der Waals surface area contributed by atoms with Gasteiger partial charge in [-0.25, -0.2) is 5.43 Å². The van der Waals surface area contributed by atoms with Crippen molar-refractivity contribution in [3.63, 3.8) is 0 Å². The largest absolute Gasteiger partial charge is 0.373 e. The van der Waals surface area contributed by atoms with Crippen molar-refractivity contribution in [1.82, 2.24) is 5.43 Å². The Kier molecular flexibility index (Phi) is 5.52. The van der Waals surface area contributed by atoms with E-state index in [4.69, 9.17) is 0 Å². The molecule has 2 aromatic rings. The predicted molar refractivity (Wildman–Crippen MR) is 95.8 cm³/mol. The third-order valence-corrected chi connectivity index (χ3v) is 3.76. The SMILES string of the molecule is C/C(=N\NC(=O)[C@H](C)Nc1c(C)cccc1C)c1ccccc1. The number of nitrogens with zero attached hydrogens (tertiary/aromatic N) is 1. The normalized spacial score (nSPS) is 12.6. The summed E-state index contributed by atoms with van der Waals surface area (Å²) in [7, 11) is 0. The zero-order valence-corrected chi connectivity index (χ0v) is 14.1. The summed E-state index contributed by atoms with van der Waals surface area (Å²) in [4.78, 5) is 12.2. The van der Waals surface area contributed by atoms with Gasteiger partial charge in [0.05, 0.1) is 5.71 Å². The standard InChI is InChI=1S/C19H23N3O/c1-13-9-8-10-14(2)18(13)20-16(4)19(23)22-21-15(3)17-11-6-5-7-12-17/h5-12,16,20H,1-4H3,(H,22,23)/b21-15+/t16-/m0/s1. The van der Waals surface area contributed by atoms with Crippen molar-refractivity contribution in [2.45, 2.75) is 33.7 Å². The molecule has 0 radical (unpaired) electrons. The van der Waals surface area contributed by atoms with Crippen molar-refractivity contribution in [3.8, 4) is 0 Å². The van der Waals surface area contributed by atoms with Gasteiger partial charge < -0.3 is 5.32 Å². The van der Waals surface area contributed by atoms with Gasteiger partial charge in [0.25, 0.3) is 5.91 Å². The molecule has 0 fully saturated rings. The highest BCUT2D eigenvalue weighted by Crippen LogP contribution is 2.20. The summed E-state index contributed by atoms with van der Waals surface area (Å²) >= 11 is 0. The van der Waals surface area contributed by atoms with Crippen molar-refractivity contribution >= 4 is 17.3 Å². The van der Waals surface area contributed by atoms with Crippen molar-refractivity contribution in [1.29, 1.82) is 0 Å². The van der Waals surface area contributed by atoms with Gasteiger partial charge in [-0.2, -0.15) is 5.10 Å². The fourth-order valence-corrected chi connectivity index (χ4v) is 2.30. The van der Waals surface area contributed by atoms with Crippen LogP contribution in [0.4, 0.5) is 5.69 Å². The highest BCUT2D eigenvalue weighted by atomic mass is 16.2. The lowest BCUT2D eigenvalue weighted by atomic mass is 10.1. The van der Waals surface area contributed by atoms with E-state index < -0.39 is 0 Å². The van der Waals surface area contributed by atoms with Crippen LogP contribution in [0.25, 0.3) is 0 Å². The Hall–Kier alpha value is -2.62. The molecule has 2 aromatic carbocycles. The van der Waals surface area contributed by atoms with E-state index in [0.29, 0.717) is 0 Å². The van der Waals surface area contributed by atoms with Crippen LogP contribution in [0.1, 0.15) is 30.5 Å². The number of nitrogens with one attached hydrogen (secondary N) is 2. The maximum absolute atomic E-state index is 12.2. The van der Waals surface area contributed by atoms with Gasteiger partial charge in [0.15, 0.2) is 0 Å². The highest BCUT2D eigenvalue weighted by molar-refractivity contribution is 5.99. The molecule has 0 aromatic heterocycles. The second kappa shape index (κ2) is 7.58. The smallest absolute Gasteiger partial charge is 0.262 e. The molecule has 0 spiro atoms. The summed E-state index contributed by atoms with van der Waals surface area (Å²) < 4.78 is 0. The maximum Gasteiger partial charge on any atom is 0.262 e. The molecule has 4 heteroatoms. The Morgan fingerprint density at radius 3 is 2.22 bits per heavy atom. The number of hydrazone groups is 1. The van der Waals surface area contributed by atoms with Crippen LogP contribution in [-0.4, -0.2) is 17.7 Å². The number of para-hydroxylation sites is 1. The quantitative estimate of drug-likeness (QED) is 0.654. The number of anilines is 1. The zero-order valence-electron chi connectivity index (χ0n) is 14.1. The van der Waals surface area contributed by atoms with Gasteiger partial charge in [-0.15, -0.1) is 0 Å². The average molecular weight is 309 g/mol. The van der Waals surface area contributed by atoms with Crippen LogP contribution in [-0.2, 0) is 4.79 Å². The minimum Gasteiger partial charge on any atom is -0.373 e. The molecular formula is C19H23N3O. The van der Waals surface area contributed by atoms with E-state index in [1.807, 2.05) is 76.2 Å². The van der Waals surface area contributed by atoms with Crippen molar-refractivity contribution in [2.75, 3.05) is 5.32 Å². The Morgan fingerprint density at radius 1 is 1.00 bits per heavy atom. The molecule has 23 heavy (non-hydrogen) atoms. The van der Waals surface area contributed by atoms with E-state index in [2.05, 4.69) is 15.8 Å². The van der Waals surface area contributed by atoms with Gasteiger partial charge in [0, 0.05) is 5.69 Å². The minimum absolute atomic E-state index is 0.164. The lowest BCUT2D eigenvalue weighted by molar-refractivity contribution is -0.121. The fourth-order valence-electron chi connectivity index (χ4n) is 2.30. The molecule has 0 aliphatic rings. The number of benzene rings is 2. The first-order chi connectivity index (χ1) is 11.0. The number of hydrogen-bond acceptors (Lipinski definition) is 3. The van der Waals surface area contributed by atoms with Gasteiger partial charge in [0.2, 0.25) is 0 Å². The molecule has 1 amide bonds. The van der Waals surface area contributed by atoms with Crippen molar-refractivity contribution in [2.24, 2.45) is 5.10 Å². The molecule has 120 valence electrons. The van der Waals surface area contributed by atoms with Gasteiger partial charge in [-0.05, 0) is 44.4 Å². The minimum atomic E-state index is -0.373. The van der Waals surface area contributed by atoms with Crippen LogP contribution in [0, 0.1) is 13.8 Å². The summed E-state index contributed by atoms with van der Waals surface area (Å²) in [6.07, 6.45) is 0. The fraction of sp³-hybridized carbons (Fsp3) is 0.263. The Labute approximate surface area is 137 Å². The monoisotopic (exact) mass is 309 g/mol. The van der Waals surface area contributed by atoms with E-state index in [9.17, 15) is 4.79 Å². The molecular weight excluding hydrogens is 286 g/mol. The summed E-state index contributed by atoms with van der Waals surface area (Å²) in [5.74, 6) is -0.164. The van der Waals surface area contributed by atoms with Gasteiger partial charge in [-0.3, -0.25) is 4.79 Å². The van der Waals surface area contributed by atoms with Crippen LogP contribution in [0.5, 0.6) is 0 Å². The molecule has 0 aliphatic carbocycles. The van der Waals surface area contributed by atoms with E-state index in [0.717, 1.165) is 28.1 Å². The predicted octanol–water partition coefficient (Wildman–Crippen LogP) is 3.64. The number of hydrogen-bond donors (Lipinski definition) is 2. The maximum atomic E-state index is 12.2. The zero-order chi connectivity index (χ0) is 16.8. The molecule has 4 nitrogen and oxygen atoms in total. The molecule has 0 aliphatic heterocycles. The number of rotatable bonds is 5. The summed E-state index contributed by atoms with van der Waals surface area (Å²) in [5.41, 5.74) is 7.63. The summed E-state index contributed by atoms with van der Waals surface area (Å²) in [6.45, 7) is 7.75. The number of carbonyl (C=O) groups is 1. The van der Waals surface area contributed by atoms with E-state index in [1.165, 1.54) is 0 Å². The molecule has 1 atom stereocenters. The average Bonchev–Trinajstić information content (AvgIpc) is 2.56. The van der Waals surface area contributed by atoms with Crippen LogP contribution in [0.2, 0.25) is 0 Å². The van der Waals surface area contributed by atoms with Crippen molar-refractivity contribution < 1.29 is 4.79 Å². The Bertz CT molecular complexity index is 688. The third-order valence-electron chi connectivity index (χ3n) is 3.76. The van der Waals surface area contributed by atoms with Crippen molar-refractivity contribution in [3.05, 3.63) is 65.2 Å².